The Balaban J connectivity index is 3.22. The van der Waals surface area contributed by atoms with Gasteiger partial charge in [0, 0.05) is 13.7 Å². The molecular formula is C12H27NO2. The molecule has 0 aromatic carbocycles. The van der Waals surface area contributed by atoms with Crippen LogP contribution < -0.4 is 5.32 Å². The largest absolute Gasteiger partial charge is 0.382 e. The summed E-state index contributed by atoms with van der Waals surface area (Å²) in [6.07, 6.45) is 3.68. The van der Waals surface area contributed by atoms with Crippen molar-refractivity contribution in [2.24, 2.45) is 5.92 Å². The van der Waals surface area contributed by atoms with Gasteiger partial charge in [0.05, 0.1) is 13.2 Å². The molecule has 0 fully saturated rings. The Labute approximate surface area is 94.5 Å². The third-order valence-corrected chi connectivity index (χ3v) is 2.59. The van der Waals surface area contributed by atoms with Gasteiger partial charge in [0.2, 0.25) is 0 Å². The first-order valence-electron chi connectivity index (χ1n) is 6.12. The Morgan fingerprint density at radius 2 is 1.93 bits per heavy atom. The molecule has 0 amide bonds. The molecule has 0 heterocycles. The lowest BCUT2D eigenvalue weighted by molar-refractivity contribution is 0.0671. The lowest BCUT2D eigenvalue weighted by atomic mass is 10.0. The summed E-state index contributed by atoms with van der Waals surface area (Å²) in [5.41, 5.74) is 0. The molecule has 0 radical (unpaired) electrons. The van der Waals surface area contributed by atoms with Gasteiger partial charge in [-0.15, -0.1) is 0 Å². The third-order valence-electron chi connectivity index (χ3n) is 2.59. The maximum atomic E-state index is 5.43. The molecule has 0 spiro atoms. The van der Waals surface area contributed by atoms with E-state index in [2.05, 4.69) is 19.2 Å². The summed E-state index contributed by atoms with van der Waals surface area (Å²) in [6.45, 7) is 8.92. The highest BCUT2D eigenvalue weighted by molar-refractivity contribution is 4.60. The van der Waals surface area contributed by atoms with Crippen molar-refractivity contribution in [3.8, 4) is 0 Å². The molecule has 3 nitrogen and oxygen atoms in total. The van der Waals surface area contributed by atoms with Crippen molar-refractivity contribution in [1.29, 1.82) is 0 Å². The molecule has 0 aromatic heterocycles. The molecule has 1 atom stereocenters. The van der Waals surface area contributed by atoms with Crippen LogP contribution in [0.2, 0.25) is 0 Å². The zero-order valence-corrected chi connectivity index (χ0v) is 10.6. The average Bonchev–Trinajstić information content (AvgIpc) is 2.27. The fourth-order valence-electron chi connectivity index (χ4n) is 1.52. The second-order valence-corrected chi connectivity index (χ2v) is 3.83. The predicted molar refractivity (Wildman–Crippen MR) is 64.3 cm³/mol. The Kier molecular flexibility index (Phi) is 11.9. The van der Waals surface area contributed by atoms with Crippen molar-refractivity contribution in [3.05, 3.63) is 0 Å². The van der Waals surface area contributed by atoms with Crippen molar-refractivity contribution in [3.63, 3.8) is 0 Å². The van der Waals surface area contributed by atoms with Crippen LogP contribution in [0.25, 0.3) is 0 Å². The van der Waals surface area contributed by atoms with Crippen LogP contribution in [0.3, 0.4) is 0 Å². The topological polar surface area (TPSA) is 30.5 Å². The first-order chi connectivity index (χ1) is 7.35. The van der Waals surface area contributed by atoms with Gasteiger partial charge >= 0.3 is 0 Å². The number of rotatable bonds is 11. The first-order valence-corrected chi connectivity index (χ1v) is 6.12. The standard InChI is InChI=1S/C12H27NO2/c1-4-12(11-13-5-2)7-6-8-15-10-9-14-3/h12-13H,4-11H2,1-3H3. The highest BCUT2D eigenvalue weighted by atomic mass is 16.5. The number of hydrogen-bond acceptors (Lipinski definition) is 3. The Bertz CT molecular complexity index is 120. The fraction of sp³-hybridized carbons (Fsp3) is 1.00. The molecule has 1 N–H and O–H groups in total. The van der Waals surface area contributed by atoms with E-state index in [1.165, 1.54) is 12.8 Å². The molecule has 0 bridgehead atoms. The van der Waals surface area contributed by atoms with E-state index in [1.54, 1.807) is 7.11 Å². The van der Waals surface area contributed by atoms with Crippen molar-refractivity contribution in [1.82, 2.24) is 5.32 Å². The van der Waals surface area contributed by atoms with Crippen LogP contribution in [-0.2, 0) is 9.47 Å². The van der Waals surface area contributed by atoms with E-state index in [1.807, 2.05) is 0 Å². The minimum Gasteiger partial charge on any atom is -0.382 e. The molecule has 92 valence electrons. The second kappa shape index (κ2) is 12.0. The van der Waals surface area contributed by atoms with Gasteiger partial charge < -0.3 is 14.8 Å². The minimum absolute atomic E-state index is 0.703. The number of methoxy groups -OCH3 is 1. The average molecular weight is 217 g/mol. The van der Waals surface area contributed by atoms with Gasteiger partial charge in [-0.05, 0) is 31.8 Å². The first kappa shape index (κ1) is 14.9. The van der Waals surface area contributed by atoms with Gasteiger partial charge in [-0.1, -0.05) is 20.3 Å². The summed E-state index contributed by atoms with van der Waals surface area (Å²) < 4.78 is 10.3. The molecule has 0 aliphatic carbocycles. The van der Waals surface area contributed by atoms with Crippen LogP contribution in [0.1, 0.15) is 33.1 Å². The minimum atomic E-state index is 0.703. The van der Waals surface area contributed by atoms with Crippen LogP contribution in [0.5, 0.6) is 0 Å². The summed E-state index contributed by atoms with van der Waals surface area (Å²) >= 11 is 0. The summed E-state index contributed by atoms with van der Waals surface area (Å²) in [4.78, 5) is 0. The van der Waals surface area contributed by atoms with Gasteiger partial charge in [-0.3, -0.25) is 0 Å². The molecule has 0 rings (SSSR count). The molecule has 0 aromatic rings. The number of ether oxygens (including phenoxy) is 2. The summed E-state index contributed by atoms with van der Waals surface area (Å²) in [7, 11) is 1.70. The van der Waals surface area contributed by atoms with Crippen LogP contribution in [0.4, 0.5) is 0 Å². The van der Waals surface area contributed by atoms with Crippen molar-refractivity contribution in [2.75, 3.05) is 40.0 Å². The second-order valence-electron chi connectivity index (χ2n) is 3.83. The van der Waals surface area contributed by atoms with Gasteiger partial charge in [0.25, 0.3) is 0 Å². The number of hydrogen-bond donors (Lipinski definition) is 1. The zero-order valence-electron chi connectivity index (χ0n) is 10.6. The van der Waals surface area contributed by atoms with Crippen molar-refractivity contribution in [2.45, 2.75) is 33.1 Å². The normalized spacial score (nSPS) is 13.0. The van der Waals surface area contributed by atoms with Gasteiger partial charge in [-0.25, -0.2) is 0 Å². The molecule has 3 heteroatoms. The maximum absolute atomic E-state index is 5.43. The van der Waals surface area contributed by atoms with Crippen LogP contribution in [0, 0.1) is 5.92 Å². The summed E-state index contributed by atoms with van der Waals surface area (Å²) in [6, 6.07) is 0. The highest BCUT2D eigenvalue weighted by Gasteiger charge is 2.04. The Morgan fingerprint density at radius 3 is 2.53 bits per heavy atom. The molecule has 0 saturated carbocycles. The van der Waals surface area contributed by atoms with E-state index in [0.29, 0.717) is 6.61 Å². The van der Waals surface area contributed by atoms with Crippen LogP contribution in [0.15, 0.2) is 0 Å². The van der Waals surface area contributed by atoms with Gasteiger partial charge in [-0.2, -0.15) is 0 Å². The third kappa shape index (κ3) is 10.2. The maximum Gasteiger partial charge on any atom is 0.0700 e. The van der Waals surface area contributed by atoms with Gasteiger partial charge in [0.15, 0.2) is 0 Å². The lowest BCUT2D eigenvalue weighted by Gasteiger charge is -2.14. The van der Waals surface area contributed by atoms with E-state index in [-0.39, 0.29) is 0 Å². The molecule has 0 saturated heterocycles. The van der Waals surface area contributed by atoms with Crippen LogP contribution in [-0.4, -0.2) is 40.0 Å². The number of nitrogens with one attached hydrogen (secondary N) is 1. The Hall–Kier alpha value is -0.120. The smallest absolute Gasteiger partial charge is 0.0700 e. The molecule has 1 unspecified atom stereocenters. The van der Waals surface area contributed by atoms with E-state index < -0.39 is 0 Å². The Morgan fingerprint density at radius 1 is 1.13 bits per heavy atom. The predicted octanol–water partition coefficient (Wildman–Crippen LogP) is 2.07. The SMILES string of the molecule is CCNCC(CC)CCCOCCOC. The van der Waals surface area contributed by atoms with E-state index in [9.17, 15) is 0 Å². The van der Waals surface area contributed by atoms with Crippen molar-refractivity contribution < 1.29 is 9.47 Å². The molecular weight excluding hydrogens is 190 g/mol. The van der Waals surface area contributed by atoms with Crippen molar-refractivity contribution >= 4 is 0 Å². The molecule has 0 aliphatic heterocycles. The lowest BCUT2D eigenvalue weighted by Crippen LogP contribution is -2.22. The van der Waals surface area contributed by atoms with Gasteiger partial charge in [0.1, 0.15) is 0 Å². The quantitative estimate of drug-likeness (QED) is 0.537. The fourth-order valence-corrected chi connectivity index (χ4v) is 1.52. The summed E-state index contributed by atoms with van der Waals surface area (Å²) in [5, 5.41) is 3.40. The zero-order chi connectivity index (χ0) is 11.4. The van der Waals surface area contributed by atoms with E-state index in [4.69, 9.17) is 9.47 Å². The summed E-state index contributed by atoms with van der Waals surface area (Å²) in [5.74, 6) is 0.802. The van der Waals surface area contributed by atoms with E-state index in [0.717, 1.165) is 38.6 Å². The molecule has 0 aliphatic rings. The highest BCUT2D eigenvalue weighted by Crippen LogP contribution is 2.09. The monoisotopic (exact) mass is 217 g/mol. The van der Waals surface area contributed by atoms with Crippen LogP contribution >= 0.6 is 0 Å². The molecule has 15 heavy (non-hydrogen) atoms. The van der Waals surface area contributed by atoms with E-state index >= 15 is 0 Å².